The number of carbonyl (C=O) groups is 3. The summed E-state index contributed by atoms with van der Waals surface area (Å²) in [6, 6.07) is 14.2. The molecule has 0 atom stereocenters. The van der Waals surface area contributed by atoms with Crippen LogP contribution in [0.25, 0.3) is 0 Å². The van der Waals surface area contributed by atoms with Crippen LogP contribution in [0.1, 0.15) is 20.8 Å². The molecule has 140 valence electrons. The van der Waals surface area contributed by atoms with E-state index in [9.17, 15) is 14.4 Å². The number of carbonyl (C=O) groups excluding carboxylic acids is 3. The molecule has 0 unspecified atom stereocenters. The van der Waals surface area contributed by atoms with Crippen LogP contribution in [0.3, 0.4) is 0 Å². The van der Waals surface area contributed by atoms with Gasteiger partial charge in [0, 0.05) is 18.3 Å². The molecule has 3 N–H and O–H groups in total. The fraction of sp³-hybridized carbons (Fsp3) is 0.250. The fourth-order valence-electron chi connectivity index (χ4n) is 2.99. The normalized spacial score (nSPS) is 14.8. The SMILES string of the molecule is CC(=O)Nc1ccc(NC(=O)CN2C(=O)C(C)(C)Nc3ccccc32)cc1. The molecule has 27 heavy (non-hydrogen) atoms. The van der Waals surface area contributed by atoms with Gasteiger partial charge >= 0.3 is 0 Å². The molecule has 0 spiro atoms. The molecule has 2 aromatic carbocycles. The fourth-order valence-corrected chi connectivity index (χ4v) is 2.99. The first kappa shape index (κ1) is 18.4. The van der Waals surface area contributed by atoms with Crippen molar-refractivity contribution in [3.05, 3.63) is 48.5 Å². The van der Waals surface area contributed by atoms with E-state index in [1.54, 1.807) is 38.1 Å². The Morgan fingerprint density at radius 1 is 1.00 bits per heavy atom. The molecule has 0 aromatic heterocycles. The van der Waals surface area contributed by atoms with Crippen molar-refractivity contribution >= 4 is 40.5 Å². The Hall–Kier alpha value is -3.35. The maximum Gasteiger partial charge on any atom is 0.252 e. The van der Waals surface area contributed by atoms with Gasteiger partial charge in [-0.25, -0.2) is 0 Å². The Morgan fingerprint density at radius 2 is 1.59 bits per heavy atom. The predicted octanol–water partition coefficient (Wildman–Crippen LogP) is 2.82. The van der Waals surface area contributed by atoms with Gasteiger partial charge in [-0.3, -0.25) is 19.3 Å². The van der Waals surface area contributed by atoms with Crippen molar-refractivity contribution in [1.29, 1.82) is 0 Å². The van der Waals surface area contributed by atoms with E-state index >= 15 is 0 Å². The van der Waals surface area contributed by atoms with Gasteiger partial charge < -0.3 is 16.0 Å². The van der Waals surface area contributed by atoms with Crippen LogP contribution in [-0.4, -0.2) is 29.8 Å². The summed E-state index contributed by atoms with van der Waals surface area (Å²) in [6.45, 7) is 4.92. The maximum atomic E-state index is 12.8. The van der Waals surface area contributed by atoms with Crippen molar-refractivity contribution in [3.8, 4) is 0 Å². The summed E-state index contributed by atoms with van der Waals surface area (Å²) in [4.78, 5) is 37.9. The second-order valence-corrected chi connectivity index (χ2v) is 6.97. The lowest BCUT2D eigenvalue weighted by atomic mass is 9.98. The predicted molar refractivity (Wildman–Crippen MR) is 106 cm³/mol. The number of nitrogens with zero attached hydrogens (tertiary/aromatic N) is 1. The number of benzene rings is 2. The number of hydrogen-bond donors (Lipinski definition) is 3. The van der Waals surface area contributed by atoms with Gasteiger partial charge in [0.15, 0.2) is 0 Å². The van der Waals surface area contributed by atoms with E-state index in [4.69, 9.17) is 0 Å². The third-order valence-corrected chi connectivity index (χ3v) is 4.21. The summed E-state index contributed by atoms with van der Waals surface area (Å²) in [5.74, 6) is -0.634. The maximum absolute atomic E-state index is 12.8. The Labute approximate surface area is 157 Å². The lowest BCUT2D eigenvalue weighted by molar-refractivity contribution is -0.124. The standard InChI is InChI=1S/C20H22N4O3/c1-13(25)21-14-8-10-15(11-9-14)22-18(26)12-24-17-7-5-4-6-16(17)23-20(2,3)19(24)27/h4-11,23H,12H2,1-3H3,(H,21,25)(H,22,26). The van der Waals surface area contributed by atoms with Crippen molar-refractivity contribution in [2.45, 2.75) is 26.3 Å². The zero-order valence-corrected chi connectivity index (χ0v) is 15.5. The summed E-state index contributed by atoms with van der Waals surface area (Å²) >= 11 is 0. The Morgan fingerprint density at radius 3 is 2.22 bits per heavy atom. The first-order valence-electron chi connectivity index (χ1n) is 8.63. The summed E-state index contributed by atoms with van der Waals surface area (Å²) in [5, 5.41) is 8.65. The molecule has 1 aliphatic heterocycles. The number of anilines is 4. The molecule has 0 bridgehead atoms. The van der Waals surface area contributed by atoms with Crippen LogP contribution in [-0.2, 0) is 14.4 Å². The van der Waals surface area contributed by atoms with Gasteiger partial charge in [0.2, 0.25) is 11.8 Å². The molecule has 7 heteroatoms. The van der Waals surface area contributed by atoms with Crippen LogP contribution >= 0.6 is 0 Å². The molecule has 0 saturated carbocycles. The highest BCUT2D eigenvalue weighted by molar-refractivity contribution is 6.11. The molecule has 0 saturated heterocycles. The van der Waals surface area contributed by atoms with Gasteiger partial charge in [-0.05, 0) is 50.2 Å². The molecular formula is C20H22N4O3. The third-order valence-electron chi connectivity index (χ3n) is 4.21. The van der Waals surface area contributed by atoms with Crippen molar-refractivity contribution in [2.75, 3.05) is 27.4 Å². The second-order valence-electron chi connectivity index (χ2n) is 6.97. The van der Waals surface area contributed by atoms with E-state index in [0.717, 1.165) is 5.69 Å². The van der Waals surface area contributed by atoms with Crippen LogP contribution in [0, 0.1) is 0 Å². The highest BCUT2D eigenvalue weighted by Crippen LogP contribution is 2.34. The smallest absolute Gasteiger partial charge is 0.252 e. The molecule has 1 aliphatic rings. The summed E-state index contributed by atoms with van der Waals surface area (Å²) in [5.41, 5.74) is 1.93. The van der Waals surface area contributed by atoms with Crippen molar-refractivity contribution in [3.63, 3.8) is 0 Å². The molecule has 3 rings (SSSR count). The second kappa shape index (κ2) is 7.11. The van der Waals surface area contributed by atoms with E-state index in [0.29, 0.717) is 17.1 Å². The minimum atomic E-state index is -0.797. The van der Waals surface area contributed by atoms with E-state index in [1.807, 2.05) is 24.3 Å². The van der Waals surface area contributed by atoms with Crippen LogP contribution in [0.2, 0.25) is 0 Å². The monoisotopic (exact) mass is 366 g/mol. The summed E-state index contributed by atoms with van der Waals surface area (Å²) in [6.07, 6.45) is 0. The minimum absolute atomic E-state index is 0.0889. The van der Waals surface area contributed by atoms with Gasteiger partial charge in [0.05, 0.1) is 11.4 Å². The van der Waals surface area contributed by atoms with Crippen LogP contribution < -0.4 is 20.9 Å². The van der Waals surface area contributed by atoms with E-state index in [2.05, 4.69) is 16.0 Å². The van der Waals surface area contributed by atoms with E-state index < -0.39 is 5.54 Å². The largest absolute Gasteiger partial charge is 0.370 e. The first-order chi connectivity index (χ1) is 12.8. The lowest BCUT2D eigenvalue weighted by Crippen LogP contribution is -2.55. The quantitative estimate of drug-likeness (QED) is 0.776. The number of fused-ring (bicyclic) bond motifs is 1. The minimum Gasteiger partial charge on any atom is -0.370 e. The molecule has 3 amide bonds. The first-order valence-corrected chi connectivity index (χ1v) is 8.63. The Bertz CT molecular complexity index is 890. The highest BCUT2D eigenvalue weighted by atomic mass is 16.2. The number of nitrogens with one attached hydrogen (secondary N) is 3. The Balaban J connectivity index is 1.73. The molecule has 0 radical (unpaired) electrons. The lowest BCUT2D eigenvalue weighted by Gasteiger charge is -2.39. The zero-order chi connectivity index (χ0) is 19.6. The summed E-state index contributed by atoms with van der Waals surface area (Å²) < 4.78 is 0. The van der Waals surface area contributed by atoms with E-state index in [1.165, 1.54) is 11.8 Å². The van der Waals surface area contributed by atoms with Gasteiger partial charge in [-0.15, -0.1) is 0 Å². The van der Waals surface area contributed by atoms with Gasteiger partial charge in [-0.2, -0.15) is 0 Å². The topological polar surface area (TPSA) is 90.5 Å². The van der Waals surface area contributed by atoms with Crippen LogP contribution in [0.4, 0.5) is 22.7 Å². The molecule has 0 fully saturated rings. The summed E-state index contributed by atoms with van der Waals surface area (Å²) in [7, 11) is 0. The van der Waals surface area contributed by atoms with Crippen molar-refractivity contribution < 1.29 is 14.4 Å². The van der Waals surface area contributed by atoms with E-state index in [-0.39, 0.29) is 24.3 Å². The number of hydrogen-bond acceptors (Lipinski definition) is 4. The van der Waals surface area contributed by atoms with Gasteiger partial charge in [0.1, 0.15) is 12.1 Å². The van der Waals surface area contributed by atoms with Gasteiger partial charge in [-0.1, -0.05) is 12.1 Å². The molecule has 0 aliphatic carbocycles. The van der Waals surface area contributed by atoms with Crippen molar-refractivity contribution in [1.82, 2.24) is 0 Å². The zero-order valence-electron chi connectivity index (χ0n) is 15.5. The number of amides is 3. The van der Waals surface area contributed by atoms with Crippen LogP contribution in [0.5, 0.6) is 0 Å². The Kier molecular flexibility index (Phi) is 4.85. The number of para-hydroxylation sites is 2. The average Bonchev–Trinajstić information content (AvgIpc) is 2.60. The molecule has 7 nitrogen and oxygen atoms in total. The number of rotatable bonds is 4. The highest BCUT2D eigenvalue weighted by Gasteiger charge is 2.39. The molecule has 1 heterocycles. The van der Waals surface area contributed by atoms with Crippen molar-refractivity contribution in [2.24, 2.45) is 0 Å². The molecule has 2 aromatic rings. The van der Waals surface area contributed by atoms with Crippen LogP contribution in [0.15, 0.2) is 48.5 Å². The molecular weight excluding hydrogens is 344 g/mol. The van der Waals surface area contributed by atoms with Gasteiger partial charge in [0.25, 0.3) is 5.91 Å². The third kappa shape index (κ3) is 4.08. The average molecular weight is 366 g/mol.